The van der Waals surface area contributed by atoms with Gasteiger partial charge >= 0.3 is 0 Å². The van der Waals surface area contributed by atoms with Crippen molar-refractivity contribution >= 4 is 27.1 Å². The van der Waals surface area contributed by atoms with Gasteiger partial charge in [0.2, 0.25) is 10.0 Å². The van der Waals surface area contributed by atoms with Crippen molar-refractivity contribution < 1.29 is 23.4 Å². The average molecular weight is 588 g/mol. The number of fused-ring (bicyclic) bond motifs is 1. The van der Waals surface area contributed by atoms with Gasteiger partial charge in [0.25, 0.3) is 0 Å². The maximum absolute atomic E-state index is 14.5. The molecule has 3 saturated carbocycles. The first-order valence-corrected chi connectivity index (χ1v) is 17.7. The Bertz CT molecular complexity index is 1400. The fourth-order valence-corrected chi connectivity index (χ4v) is 12.0. The predicted molar refractivity (Wildman–Crippen MR) is 159 cm³/mol. The highest BCUT2D eigenvalue weighted by Gasteiger charge is 2.74. The standard InChI is InChI=1S/C32H45NO5S2/c1-6-17-33(40(5,37)38)20-31(36)14-11-26-29(31,4)13-10-25-28(3)12-9-22(34)18-30(28)15-16-32(25,26)23(19-30)27(35)24-8-7-21(2)39-24/h7-8,15-16,19,22,25-26,34,36H,6,9-14,17-18,20H2,1-5H3/t22?,25-,26-,28-,29+,30+,31-,32-/m1/s1. The Kier molecular flexibility index (Phi) is 6.54. The average Bonchev–Trinajstić information content (AvgIpc) is 3.43. The quantitative estimate of drug-likeness (QED) is 0.324. The van der Waals surface area contributed by atoms with Crippen LogP contribution in [0.25, 0.3) is 0 Å². The molecule has 0 saturated heterocycles. The summed E-state index contributed by atoms with van der Waals surface area (Å²) in [5.41, 5.74) is -1.83. The van der Waals surface area contributed by atoms with Gasteiger partial charge in [-0.1, -0.05) is 39.0 Å². The van der Waals surface area contributed by atoms with Crippen LogP contribution in [0.1, 0.15) is 86.7 Å². The topological polar surface area (TPSA) is 94.9 Å². The number of aliphatic hydroxyl groups is 2. The molecule has 8 heteroatoms. The van der Waals surface area contributed by atoms with Gasteiger partial charge in [-0.2, -0.15) is 4.31 Å². The lowest BCUT2D eigenvalue weighted by atomic mass is 9.32. The number of sulfonamides is 1. The van der Waals surface area contributed by atoms with Gasteiger partial charge in [0, 0.05) is 39.8 Å². The fraction of sp³-hybridized carbons (Fsp3) is 0.719. The Morgan fingerprint density at radius 2 is 1.75 bits per heavy atom. The largest absolute Gasteiger partial charge is 0.393 e. The van der Waals surface area contributed by atoms with E-state index in [0.717, 1.165) is 47.4 Å². The minimum atomic E-state index is -3.47. The fourth-order valence-electron chi connectivity index (χ4n) is 10.2. The second-order valence-corrected chi connectivity index (χ2v) is 17.4. The molecular weight excluding hydrogens is 542 g/mol. The molecule has 6 aliphatic carbocycles. The number of thiophene rings is 1. The monoisotopic (exact) mass is 587 g/mol. The highest BCUT2D eigenvalue weighted by Crippen LogP contribution is 2.78. The Balaban J connectivity index is 1.50. The van der Waals surface area contributed by atoms with Crippen molar-refractivity contribution in [3.63, 3.8) is 0 Å². The van der Waals surface area contributed by atoms with Crippen molar-refractivity contribution in [2.45, 2.75) is 90.8 Å². The lowest BCUT2D eigenvalue weighted by molar-refractivity contribution is -0.173. The summed E-state index contributed by atoms with van der Waals surface area (Å²) in [6.07, 6.45) is 13.7. The number of aliphatic hydroxyl groups excluding tert-OH is 1. The molecule has 1 heterocycles. The van der Waals surface area contributed by atoms with Crippen LogP contribution in [0.4, 0.5) is 0 Å². The summed E-state index contributed by atoms with van der Waals surface area (Å²) in [5, 5.41) is 23.3. The third kappa shape index (κ3) is 3.68. The van der Waals surface area contributed by atoms with Gasteiger partial charge in [-0.3, -0.25) is 4.79 Å². The van der Waals surface area contributed by atoms with Crippen molar-refractivity contribution in [3.8, 4) is 0 Å². The number of Topliss-reactive ketones (excluding diaryl/α,β-unsaturated/α-hetero) is 1. The summed E-state index contributed by atoms with van der Waals surface area (Å²) >= 11 is 1.53. The zero-order chi connectivity index (χ0) is 28.9. The third-order valence-corrected chi connectivity index (χ3v) is 14.5. The predicted octanol–water partition coefficient (Wildman–Crippen LogP) is 5.50. The number of ketones is 1. The summed E-state index contributed by atoms with van der Waals surface area (Å²) in [6.45, 7) is 9.02. The summed E-state index contributed by atoms with van der Waals surface area (Å²) in [6, 6.07) is 3.94. The lowest BCUT2D eigenvalue weighted by Crippen LogP contribution is -2.67. The number of carbonyl (C=O) groups is 1. The van der Waals surface area contributed by atoms with E-state index in [0.29, 0.717) is 25.8 Å². The van der Waals surface area contributed by atoms with Gasteiger partial charge in [0.1, 0.15) is 0 Å². The van der Waals surface area contributed by atoms with Crippen molar-refractivity contribution in [3.05, 3.63) is 45.7 Å². The first-order valence-electron chi connectivity index (χ1n) is 15.1. The van der Waals surface area contributed by atoms with Crippen LogP contribution in [0.2, 0.25) is 0 Å². The Morgan fingerprint density at radius 3 is 2.40 bits per heavy atom. The molecule has 6 aliphatic rings. The molecule has 0 amide bonds. The van der Waals surface area contributed by atoms with Crippen LogP contribution in [0.3, 0.4) is 0 Å². The number of hydrogen-bond donors (Lipinski definition) is 2. The summed E-state index contributed by atoms with van der Waals surface area (Å²) in [4.78, 5) is 16.3. The summed E-state index contributed by atoms with van der Waals surface area (Å²) in [5.74, 6) is 0.322. The van der Waals surface area contributed by atoms with E-state index in [1.54, 1.807) is 0 Å². The minimum absolute atomic E-state index is 0.0151. The molecule has 2 bridgehead atoms. The van der Waals surface area contributed by atoms with E-state index in [2.05, 4.69) is 32.1 Å². The first-order chi connectivity index (χ1) is 18.7. The van der Waals surface area contributed by atoms with Gasteiger partial charge in [0.15, 0.2) is 5.78 Å². The molecule has 8 atom stereocenters. The highest BCUT2D eigenvalue weighted by molar-refractivity contribution is 7.88. The molecule has 2 spiro atoms. The van der Waals surface area contributed by atoms with Crippen molar-refractivity contribution in [1.82, 2.24) is 4.31 Å². The van der Waals surface area contributed by atoms with E-state index >= 15 is 0 Å². The van der Waals surface area contributed by atoms with Crippen LogP contribution in [0, 0.1) is 40.4 Å². The molecule has 6 nitrogen and oxygen atoms in total. The Hall–Kier alpha value is -1.32. The van der Waals surface area contributed by atoms with Gasteiger partial charge < -0.3 is 10.2 Å². The summed E-state index contributed by atoms with van der Waals surface area (Å²) in [7, 11) is -3.47. The zero-order valence-electron chi connectivity index (χ0n) is 24.6. The second kappa shape index (κ2) is 9.09. The van der Waals surface area contributed by atoms with E-state index in [-0.39, 0.29) is 41.1 Å². The molecule has 0 aromatic carbocycles. The number of hydrogen-bond acceptors (Lipinski definition) is 6. The molecule has 40 heavy (non-hydrogen) atoms. The van der Waals surface area contributed by atoms with Crippen LogP contribution in [-0.2, 0) is 10.0 Å². The van der Waals surface area contributed by atoms with E-state index in [9.17, 15) is 23.4 Å². The van der Waals surface area contributed by atoms with Gasteiger partial charge in [-0.05, 0) is 87.7 Å². The molecule has 7 rings (SSSR count). The molecular formula is C32H45NO5S2. The van der Waals surface area contributed by atoms with Gasteiger partial charge in [-0.15, -0.1) is 11.3 Å². The SMILES string of the molecule is CCCN(C[C@]1(O)CC[C@H]2[C@]34C=C[C@@]5(C=C3C(=O)c3ccc(C)s3)CC(O)CC[C@]5(C)[C@H]4CC[C@@]21C)S(C)(=O)=O. The normalized spacial score (nSPS) is 43.8. The molecule has 1 aromatic heterocycles. The highest BCUT2D eigenvalue weighted by atomic mass is 32.2. The molecule has 1 aromatic rings. The van der Waals surface area contributed by atoms with E-state index in [1.807, 2.05) is 26.0 Å². The summed E-state index contributed by atoms with van der Waals surface area (Å²) < 4.78 is 26.9. The number of rotatable bonds is 7. The maximum atomic E-state index is 14.5. The number of carbonyl (C=O) groups excluding carboxylic acids is 1. The van der Waals surface area contributed by atoms with E-state index < -0.39 is 26.5 Å². The van der Waals surface area contributed by atoms with Crippen molar-refractivity contribution in [2.24, 2.45) is 33.5 Å². The van der Waals surface area contributed by atoms with Crippen LogP contribution in [0.15, 0.2) is 35.9 Å². The minimum Gasteiger partial charge on any atom is -0.393 e. The van der Waals surface area contributed by atoms with Crippen LogP contribution < -0.4 is 0 Å². The molecule has 3 fully saturated rings. The number of nitrogens with zero attached hydrogens (tertiary/aromatic N) is 1. The molecule has 0 radical (unpaired) electrons. The van der Waals surface area contributed by atoms with Crippen LogP contribution >= 0.6 is 11.3 Å². The maximum Gasteiger partial charge on any atom is 0.211 e. The molecule has 1 unspecified atom stereocenters. The molecule has 220 valence electrons. The Morgan fingerprint density at radius 1 is 1.07 bits per heavy atom. The van der Waals surface area contributed by atoms with Crippen LogP contribution in [0.5, 0.6) is 0 Å². The molecule has 2 N–H and O–H groups in total. The molecule has 0 aliphatic heterocycles. The van der Waals surface area contributed by atoms with Crippen LogP contribution in [-0.4, -0.2) is 59.8 Å². The Labute approximate surface area is 243 Å². The lowest BCUT2D eigenvalue weighted by Gasteiger charge is -2.71. The van der Waals surface area contributed by atoms with Gasteiger partial charge in [0.05, 0.1) is 22.8 Å². The number of aryl methyl sites for hydroxylation is 1. The smallest absolute Gasteiger partial charge is 0.211 e. The third-order valence-electron chi connectivity index (χ3n) is 12.3. The number of allylic oxidation sites excluding steroid dienone is 4. The van der Waals surface area contributed by atoms with Crippen molar-refractivity contribution in [1.29, 1.82) is 0 Å². The second-order valence-electron chi connectivity index (χ2n) is 14.1. The first kappa shape index (κ1) is 28.8. The van der Waals surface area contributed by atoms with E-state index in [1.165, 1.54) is 21.9 Å². The van der Waals surface area contributed by atoms with Crippen molar-refractivity contribution in [2.75, 3.05) is 19.3 Å². The van der Waals surface area contributed by atoms with E-state index in [4.69, 9.17) is 0 Å². The van der Waals surface area contributed by atoms with Gasteiger partial charge in [-0.25, -0.2) is 8.42 Å². The zero-order valence-corrected chi connectivity index (χ0v) is 26.2.